The van der Waals surface area contributed by atoms with Crippen LogP contribution in [0.1, 0.15) is 5.56 Å². The van der Waals surface area contributed by atoms with Crippen molar-refractivity contribution in [2.45, 2.75) is 4.90 Å². The van der Waals surface area contributed by atoms with E-state index in [1.165, 1.54) is 18.4 Å². The van der Waals surface area contributed by atoms with Gasteiger partial charge in [-0.05, 0) is 30.3 Å². The number of rotatable bonds is 3. The van der Waals surface area contributed by atoms with Crippen molar-refractivity contribution >= 4 is 44.4 Å². The maximum absolute atomic E-state index is 14.1. The first kappa shape index (κ1) is 17.1. The van der Waals surface area contributed by atoms with E-state index in [2.05, 4.69) is 0 Å². The Kier molecular flexibility index (Phi) is 4.46. The van der Waals surface area contributed by atoms with Crippen LogP contribution in [-0.2, 0) is 14.6 Å². The van der Waals surface area contributed by atoms with E-state index < -0.39 is 15.7 Å². The van der Waals surface area contributed by atoms with E-state index in [0.717, 1.165) is 12.3 Å². The lowest BCUT2D eigenvalue weighted by Crippen LogP contribution is -2.18. The van der Waals surface area contributed by atoms with Crippen LogP contribution in [0.2, 0.25) is 10.0 Å². The molecule has 8 heteroatoms. The summed E-state index contributed by atoms with van der Waals surface area (Å²) in [7, 11) is -3.62. The molecule has 2 aromatic rings. The van der Waals surface area contributed by atoms with Crippen LogP contribution in [0, 0.1) is 5.82 Å². The molecule has 3 rings (SSSR count). The van der Waals surface area contributed by atoms with Crippen molar-refractivity contribution in [3.63, 3.8) is 0 Å². The molecule has 0 spiro atoms. The Morgan fingerprint density at radius 3 is 2.38 bits per heavy atom. The van der Waals surface area contributed by atoms with E-state index in [1.807, 2.05) is 0 Å². The largest absolute Gasteiger partial charge is 0.478 e. The van der Waals surface area contributed by atoms with Crippen LogP contribution in [0.4, 0.5) is 10.1 Å². The second kappa shape index (κ2) is 6.27. The van der Waals surface area contributed by atoms with Gasteiger partial charge in [-0.15, -0.1) is 0 Å². The van der Waals surface area contributed by atoms with Crippen LogP contribution in [0.3, 0.4) is 0 Å². The van der Waals surface area contributed by atoms with Gasteiger partial charge in [-0.25, -0.2) is 12.8 Å². The molecule has 0 aliphatic carbocycles. The number of anilines is 1. The Morgan fingerprint density at radius 2 is 1.79 bits per heavy atom. The van der Waals surface area contributed by atoms with Gasteiger partial charge in [0, 0.05) is 27.6 Å². The quantitative estimate of drug-likeness (QED) is 0.786. The molecule has 0 aromatic heterocycles. The normalized spacial score (nSPS) is 14.5. The van der Waals surface area contributed by atoms with Crippen molar-refractivity contribution in [2.24, 2.45) is 0 Å². The van der Waals surface area contributed by atoms with Crippen LogP contribution >= 0.6 is 23.2 Å². The van der Waals surface area contributed by atoms with Crippen molar-refractivity contribution in [3.8, 4) is 0 Å². The summed E-state index contributed by atoms with van der Waals surface area (Å²) >= 11 is 12.0. The summed E-state index contributed by atoms with van der Waals surface area (Å²) in [4.78, 5) is 1.41. The standard InChI is InChI=1S/C16H12Cl2FNO3S/c1-24(21,22)16-3-2-10(4-14(16)19)15-8-23-9-20(15)13-6-11(17)5-12(18)7-13/h2-8H,9H2,1H3. The first-order chi connectivity index (χ1) is 11.3. The maximum atomic E-state index is 14.1. The van der Waals surface area contributed by atoms with E-state index in [0.29, 0.717) is 27.0 Å². The molecular formula is C16H12Cl2FNO3S. The minimum absolute atomic E-state index is 0.210. The molecule has 0 N–H and O–H groups in total. The number of halogens is 3. The fourth-order valence-corrected chi connectivity index (χ4v) is 3.66. The zero-order chi connectivity index (χ0) is 17.5. The number of hydrogen-bond acceptors (Lipinski definition) is 4. The molecule has 4 nitrogen and oxygen atoms in total. The first-order valence-electron chi connectivity index (χ1n) is 6.81. The van der Waals surface area contributed by atoms with E-state index >= 15 is 0 Å². The average Bonchev–Trinajstić information content (AvgIpc) is 2.94. The van der Waals surface area contributed by atoms with Crippen molar-refractivity contribution in [1.29, 1.82) is 0 Å². The van der Waals surface area contributed by atoms with Crippen LogP contribution in [-0.4, -0.2) is 21.4 Å². The molecule has 0 fully saturated rings. The van der Waals surface area contributed by atoms with Gasteiger partial charge in [-0.3, -0.25) is 0 Å². The molecule has 1 aliphatic rings. The van der Waals surface area contributed by atoms with E-state index in [4.69, 9.17) is 27.9 Å². The molecule has 0 bridgehead atoms. The summed E-state index contributed by atoms with van der Waals surface area (Å²) in [6.45, 7) is 0.210. The molecule has 0 saturated carbocycles. The van der Waals surface area contributed by atoms with Crippen LogP contribution in [0.25, 0.3) is 5.70 Å². The van der Waals surface area contributed by atoms with Gasteiger partial charge >= 0.3 is 0 Å². The second-order valence-corrected chi connectivity index (χ2v) is 8.13. The van der Waals surface area contributed by atoms with Crippen LogP contribution in [0.15, 0.2) is 47.6 Å². The number of sulfone groups is 1. The minimum atomic E-state index is -3.62. The molecular weight excluding hydrogens is 376 g/mol. The molecule has 0 atom stereocenters. The smallest absolute Gasteiger partial charge is 0.178 e. The zero-order valence-electron chi connectivity index (χ0n) is 12.5. The predicted octanol–water partition coefficient (Wildman–Crippen LogP) is 4.33. The predicted molar refractivity (Wildman–Crippen MR) is 92.4 cm³/mol. The third-order valence-corrected chi connectivity index (χ3v) is 5.04. The molecule has 0 saturated heterocycles. The minimum Gasteiger partial charge on any atom is -0.478 e. The van der Waals surface area contributed by atoms with Crippen LogP contribution < -0.4 is 4.90 Å². The molecule has 2 aromatic carbocycles. The Morgan fingerprint density at radius 1 is 1.12 bits per heavy atom. The number of hydrogen-bond donors (Lipinski definition) is 0. The van der Waals surface area contributed by atoms with Crippen molar-refractivity contribution < 1.29 is 17.5 Å². The van der Waals surface area contributed by atoms with Gasteiger partial charge in [0.1, 0.15) is 17.0 Å². The zero-order valence-corrected chi connectivity index (χ0v) is 14.8. The lowest BCUT2D eigenvalue weighted by molar-refractivity contribution is 0.282. The van der Waals surface area contributed by atoms with E-state index in [1.54, 1.807) is 23.1 Å². The molecule has 0 radical (unpaired) electrons. The van der Waals surface area contributed by atoms with Gasteiger partial charge in [-0.2, -0.15) is 0 Å². The number of ether oxygens (including phenoxy) is 1. The summed E-state index contributed by atoms with van der Waals surface area (Å²) in [5.74, 6) is -0.813. The third kappa shape index (κ3) is 3.36. The van der Waals surface area contributed by atoms with Gasteiger partial charge in [-0.1, -0.05) is 29.3 Å². The topological polar surface area (TPSA) is 46.6 Å². The highest BCUT2D eigenvalue weighted by Crippen LogP contribution is 2.34. The Labute approximate surface area is 149 Å². The van der Waals surface area contributed by atoms with Gasteiger partial charge < -0.3 is 9.64 Å². The highest BCUT2D eigenvalue weighted by Gasteiger charge is 2.23. The van der Waals surface area contributed by atoms with Crippen molar-refractivity contribution in [2.75, 3.05) is 17.9 Å². The summed E-state index contributed by atoms with van der Waals surface area (Å²) in [6, 6.07) is 8.94. The summed E-state index contributed by atoms with van der Waals surface area (Å²) in [5.41, 5.74) is 1.74. The molecule has 1 heterocycles. The Bertz CT molecular complexity index is 924. The fourth-order valence-electron chi connectivity index (χ4n) is 2.42. The van der Waals surface area contributed by atoms with Gasteiger partial charge in [0.05, 0.1) is 5.70 Å². The van der Waals surface area contributed by atoms with Crippen molar-refractivity contribution in [3.05, 3.63) is 64.1 Å². The van der Waals surface area contributed by atoms with Crippen molar-refractivity contribution in [1.82, 2.24) is 0 Å². The van der Waals surface area contributed by atoms with E-state index in [9.17, 15) is 12.8 Å². The summed E-state index contributed by atoms with van der Waals surface area (Å²) < 4.78 is 42.5. The van der Waals surface area contributed by atoms with Gasteiger partial charge in [0.15, 0.2) is 16.6 Å². The van der Waals surface area contributed by atoms with Gasteiger partial charge in [0.2, 0.25) is 0 Å². The maximum Gasteiger partial charge on any atom is 0.178 e. The molecule has 126 valence electrons. The molecule has 0 amide bonds. The van der Waals surface area contributed by atoms with Gasteiger partial charge in [0.25, 0.3) is 0 Å². The molecule has 0 unspecified atom stereocenters. The number of nitrogens with zero attached hydrogens (tertiary/aromatic N) is 1. The fraction of sp³-hybridized carbons (Fsp3) is 0.125. The molecule has 24 heavy (non-hydrogen) atoms. The monoisotopic (exact) mass is 387 g/mol. The summed E-state index contributed by atoms with van der Waals surface area (Å²) in [6.07, 6.45) is 2.44. The average molecular weight is 388 g/mol. The Balaban J connectivity index is 2.01. The highest BCUT2D eigenvalue weighted by atomic mass is 35.5. The lowest BCUT2D eigenvalue weighted by atomic mass is 10.1. The van der Waals surface area contributed by atoms with Crippen LogP contribution in [0.5, 0.6) is 0 Å². The number of benzene rings is 2. The second-order valence-electron chi connectivity index (χ2n) is 5.27. The summed E-state index contributed by atoms with van der Waals surface area (Å²) in [5, 5.41) is 0.921. The highest BCUT2D eigenvalue weighted by molar-refractivity contribution is 7.90. The third-order valence-electron chi connectivity index (χ3n) is 3.48. The SMILES string of the molecule is CS(=O)(=O)c1ccc(C2=COCN2c2cc(Cl)cc(Cl)c2)cc1F. The lowest BCUT2D eigenvalue weighted by Gasteiger charge is -2.21. The van der Waals surface area contributed by atoms with E-state index in [-0.39, 0.29) is 11.6 Å². The Hall–Kier alpha value is -1.76. The molecule has 1 aliphatic heterocycles. The first-order valence-corrected chi connectivity index (χ1v) is 9.46.